The number of anilines is 1. The van der Waals surface area contributed by atoms with Gasteiger partial charge in [-0.1, -0.05) is 13.0 Å². The summed E-state index contributed by atoms with van der Waals surface area (Å²) in [5, 5.41) is 9.11. The van der Waals surface area contributed by atoms with Crippen molar-refractivity contribution in [3.05, 3.63) is 41.5 Å². The van der Waals surface area contributed by atoms with Crippen LogP contribution in [0, 0.1) is 0 Å². The molecule has 0 radical (unpaired) electrons. The monoisotopic (exact) mass is 274 g/mol. The molecule has 7 heteroatoms. The molecule has 2 aromatic rings. The van der Waals surface area contributed by atoms with Crippen molar-refractivity contribution in [2.24, 2.45) is 0 Å². The molecule has 0 aliphatic carbocycles. The topological polar surface area (TPSA) is 97.0 Å². The predicted octanol–water partition coefficient (Wildman–Crippen LogP) is 1.41. The van der Waals surface area contributed by atoms with Crippen molar-refractivity contribution in [1.29, 1.82) is 0 Å². The van der Waals surface area contributed by atoms with Gasteiger partial charge in [0.2, 0.25) is 5.82 Å². The van der Waals surface area contributed by atoms with E-state index in [4.69, 9.17) is 0 Å². The number of methoxy groups -OCH3 is 1. The van der Waals surface area contributed by atoms with Crippen molar-refractivity contribution in [1.82, 2.24) is 15.2 Å². The van der Waals surface area contributed by atoms with Crippen molar-refractivity contribution < 1.29 is 14.3 Å². The fraction of sp³-hybridized carbons (Fsp3) is 0.231. The summed E-state index contributed by atoms with van der Waals surface area (Å²) in [5.74, 6) is -0.209. The van der Waals surface area contributed by atoms with Crippen LogP contribution in [-0.2, 0) is 11.2 Å². The number of benzene rings is 1. The van der Waals surface area contributed by atoms with Gasteiger partial charge in [0, 0.05) is 12.1 Å². The highest BCUT2D eigenvalue weighted by Gasteiger charge is 2.13. The second-order valence-electron chi connectivity index (χ2n) is 3.99. The van der Waals surface area contributed by atoms with Gasteiger partial charge in [0.05, 0.1) is 12.7 Å². The van der Waals surface area contributed by atoms with Crippen molar-refractivity contribution in [2.45, 2.75) is 13.3 Å². The number of H-pyrrole nitrogens is 1. The summed E-state index contributed by atoms with van der Waals surface area (Å²) in [5.41, 5.74) is 0.829. The molecule has 0 saturated carbocycles. The molecule has 0 fully saturated rings. The highest BCUT2D eigenvalue weighted by molar-refractivity contribution is 6.02. The number of aryl methyl sites for hydroxylation is 1. The van der Waals surface area contributed by atoms with Gasteiger partial charge in [0.15, 0.2) is 0 Å². The van der Waals surface area contributed by atoms with Gasteiger partial charge in [-0.3, -0.25) is 9.89 Å². The summed E-state index contributed by atoms with van der Waals surface area (Å²) < 4.78 is 4.62. The number of aromatic nitrogens is 3. The second-order valence-corrected chi connectivity index (χ2v) is 3.99. The highest BCUT2D eigenvalue weighted by atomic mass is 16.5. The molecule has 20 heavy (non-hydrogen) atoms. The molecular weight excluding hydrogens is 260 g/mol. The van der Waals surface area contributed by atoms with Crippen LogP contribution in [0.2, 0.25) is 0 Å². The van der Waals surface area contributed by atoms with E-state index in [1.807, 2.05) is 6.92 Å². The Morgan fingerprint density at radius 2 is 2.20 bits per heavy atom. The van der Waals surface area contributed by atoms with Crippen LogP contribution in [0.3, 0.4) is 0 Å². The molecule has 1 aromatic carbocycles. The van der Waals surface area contributed by atoms with E-state index in [1.165, 1.54) is 13.2 Å². The molecule has 104 valence electrons. The highest BCUT2D eigenvalue weighted by Crippen LogP contribution is 2.12. The van der Waals surface area contributed by atoms with E-state index >= 15 is 0 Å². The smallest absolute Gasteiger partial charge is 0.337 e. The molecule has 0 saturated heterocycles. The number of carbonyl (C=O) groups excluding carboxylic acids is 2. The maximum atomic E-state index is 11.9. The van der Waals surface area contributed by atoms with Crippen LogP contribution >= 0.6 is 0 Å². The third-order valence-corrected chi connectivity index (χ3v) is 2.61. The third kappa shape index (κ3) is 3.00. The quantitative estimate of drug-likeness (QED) is 0.821. The first-order valence-corrected chi connectivity index (χ1v) is 6.05. The summed E-state index contributed by atoms with van der Waals surface area (Å²) in [7, 11) is 1.30. The van der Waals surface area contributed by atoms with E-state index < -0.39 is 11.9 Å². The van der Waals surface area contributed by atoms with Gasteiger partial charge in [-0.2, -0.15) is 0 Å². The zero-order chi connectivity index (χ0) is 14.5. The van der Waals surface area contributed by atoms with Gasteiger partial charge in [-0.25, -0.2) is 9.78 Å². The lowest BCUT2D eigenvalue weighted by Crippen LogP contribution is -2.14. The summed E-state index contributed by atoms with van der Waals surface area (Å²) >= 11 is 0. The number of esters is 1. The van der Waals surface area contributed by atoms with Gasteiger partial charge in [-0.15, -0.1) is 5.10 Å². The Morgan fingerprint density at radius 1 is 1.40 bits per heavy atom. The summed E-state index contributed by atoms with van der Waals surface area (Å²) in [6, 6.07) is 6.44. The van der Waals surface area contributed by atoms with E-state index in [1.54, 1.807) is 18.2 Å². The number of nitrogens with zero attached hydrogens (tertiary/aromatic N) is 2. The number of hydrogen-bond acceptors (Lipinski definition) is 5. The molecule has 7 nitrogen and oxygen atoms in total. The van der Waals surface area contributed by atoms with Crippen LogP contribution in [0.4, 0.5) is 5.69 Å². The molecule has 0 bridgehead atoms. The number of amides is 1. The first-order valence-electron chi connectivity index (χ1n) is 6.05. The molecule has 0 aliphatic heterocycles. The second kappa shape index (κ2) is 5.96. The number of hydrogen-bond donors (Lipinski definition) is 2. The molecule has 0 spiro atoms. The van der Waals surface area contributed by atoms with E-state index in [9.17, 15) is 9.59 Å². The maximum Gasteiger partial charge on any atom is 0.337 e. The molecule has 2 rings (SSSR count). The van der Waals surface area contributed by atoms with E-state index in [0.717, 1.165) is 0 Å². The third-order valence-electron chi connectivity index (χ3n) is 2.61. The maximum absolute atomic E-state index is 11.9. The normalized spacial score (nSPS) is 10.1. The van der Waals surface area contributed by atoms with Gasteiger partial charge in [0.25, 0.3) is 5.91 Å². The van der Waals surface area contributed by atoms with Crippen LogP contribution in [0.5, 0.6) is 0 Å². The molecule has 0 unspecified atom stereocenters. The Balaban J connectivity index is 2.13. The van der Waals surface area contributed by atoms with Crippen LogP contribution < -0.4 is 5.32 Å². The van der Waals surface area contributed by atoms with E-state index in [0.29, 0.717) is 23.5 Å². The fourth-order valence-electron chi connectivity index (χ4n) is 1.58. The number of rotatable bonds is 4. The minimum atomic E-state index is -0.465. The van der Waals surface area contributed by atoms with Crippen LogP contribution in [0.1, 0.15) is 33.7 Å². The zero-order valence-electron chi connectivity index (χ0n) is 11.1. The molecule has 1 aromatic heterocycles. The SMILES string of the molecule is CCc1nc(C(=O)Nc2cccc(C(=O)OC)c2)n[nH]1. The Hall–Kier alpha value is -2.70. The predicted molar refractivity (Wildman–Crippen MR) is 71.5 cm³/mol. The first-order chi connectivity index (χ1) is 9.63. The molecule has 2 N–H and O–H groups in total. The largest absolute Gasteiger partial charge is 0.465 e. The number of carbonyl (C=O) groups is 2. The Kier molecular flexibility index (Phi) is 4.09. The lowest BCUT2D eigenvalue weighted by Gasteiger charge is -2.04. The zero-order valence-corrected chi connectivity index (χ0v) is 11.1. The van der Waals surface area contributed by atoms with Crippen molar-refractivity contribution >= 4 is 17.6 Å². The average molecular weight is 274 g/mol. The summed E-state index contributed by atoms with van der Waals surface area (Å²) in [6.45, 7) is 1.90. The van der Waals surface area contributed by atoms with Crippen molar-refractivity contribution in [3.8, 4) is 0 Å². The van der Waals surface area contributed by atoms with Gasteiger partial charge >= 0.3 is 5.97 Å². The summed E-state index contributed by atoms with van der Waals surface area (Å²) in [6.07, 6.45) is 0.665. The van der Waals surface area contributed by atoms with Gasteiger partial charge in [0.1, 0.15) is 5.82 Å². The standard InChI is InChI=1S/C13H14N4O3/c1-3-10-15-11(17-16-10)12(18)14-9-6-4-5-8(7-9)13(19)20-2/h4-7H,3H2,1-2H3,(H,14,18)(H,15,16,17). The summed E-state index contributed by atoms with van der Waals surface area (Å²) in [4.78, 5) is 27.3. The molecular formula is C13H14N4O3. The first kappa shape index (κ1) is 13.7. The number of nitrogens with one attached hydrogen (secondary N) is 2. The van der Waals surface area contributed by atoms with Crippen molar-refractivity contribution in [3.63, 3.8) is 0 Å². The average Bonchev–Trinajstić information content (AvgIpc) is 2.95. The van der Waals surface area contributed by atoms with Gasteiger partial charge < -0.3 is 10.1 Å². The number of ether oxygens (including phenoxy) is 1. The van der Waals surface area contributed by atoms with Gasteiger partial charge in [-0.05, 0) is 18.2 Å². The Bertz CT molecular complexity index is 636. The number of aromatic amines is 1. The Morgan fingerprint density at radius 3 is 2.85 bits per heavy atom. The van der Waals surface area contributed by atoms with Crippen LogP contribution in [0.15, 0.2) is 24.3 Å². The van der Waals surface area contributed by atoms with E-state index in [2.05, 4.69) is 25.2 Å². The lowest BCUT2D eigenvalue weighted by atomic mass is 10.2. The molecule has 0 aliphatic rings. The van der Waals surface area contributed by atoms with Crippen LogP contribution in [-0.4, -0.2) is 34.2 Å². The Labute approximate surface area is 115 Å². The molecule has 0 atom stereocenters. The minimum absolute atomic E-state index is 0.0605. The lowest BCUT2D eigenvalue weighted by molar-refractivity contribution is 0.0600. The minimum Gasteiger partial charge on any atom is -0.465 e. The van der Waals surface area contributed by atoms with Crippen molar-refractivity contribution in [2.75, 3.05) is 12.4 Å². The van der Waals surface area contributed by atoms with E-state index in [-0.39, 0.29) is 5.82 Å². The molecule has 1 heterocycles. The van der Waals surface area contributed by atoms with Crippen LogP contribution in [0.25, 0.3) is 0 Å². The fourth-order valence-corrected chi connectivity index (χ4v) is 1.58. The molecule has 1 amide bonds.